The molecule has 3 rings (SSSR count). The lowest BCUT2D eigenvalue weighted by Gasteiger charge is -2.51. The fourth-order valence-electron chi connectivity index (χ4n) is 5.51. The Morgan fingerprint density at radius 1 is 1.06 bits per heavy atom. The van der Waals surface area contributed by atoms with Crippen molar-refractivity contribution in [2.75, 3.05) is 11.9 Å². The second-order valence-electron chi connectivity index (χ2n) is 11.2. The number of carbonyl (C=O) groups is 1. The minimum atomic E-state index is -2.77. The van der Waals surface area contributed by atoms with Gasteiger partial charge >= 0.3 is 22.8 Å². The summed E-state index contributed by atoms with van der Waals surface area (Å²) in [5.74, 6) is -0.190. The van der Waals surface area contributed by atoms with Crippen LogP contribution in [0.4, 0.5) is 5.82 Å². The lowest BCUT2D eigenvalue weighted by Crippen LogP contribution is -2.65. The van der Waals surface area contributed by atoms with E-state index in [4.69, 9.17) is 17.7 Å². The highest BCUT2D eigenvalue weighted by Gasteiger charge is 2.61. The van der Waals surface area contributed by atoms with Crippen LogP contribution in [-0.4, -0.2) is 51.4 Å². The van der Waals surface area contributed by atoms with Crippen LogP contribution in [0.3, 0.4) is 0 Å². The van der Waals surface area contributed by atoms with Crippen molar-refractivity contribution < 1.29 is 22.5 Å². The fraction of sp³-hybridized carbons (Fsp3) is 0.792. The first-order chi connectivity index (χ1) is 16.2. The zero-order valence-electron chi connectivity index (χ0n) is 22.8. The second kappa shape index (κ2) is 10.5. The van der Waals surface area contributed by atoms with Crippen LogP contribution < -0.4 is 11.0 Å². The summed E-state index contributed by atoms with van der Waals surface area (Å²) in [6.07, 6.45) is 0.465. The topological polar surface area (TPSA) is 101 Å². The van der Waals surface area contributed by atoms with Crippen LogP contribution in [0.2, 0.25) is 22.2 Å². The third-order valence-corrected chi connectivity index (χ3v) is 17.6. The number of hydrogen-bond donors (Lipinski definition) is 1. The molecular weight excluding hydrogens is 482 g/mol. The van der Waals surface area contributed by atoms with E-state index in [1.54, 1.807) is 12.3 Å². The van der Waals surface area contributed by atoms with E-state index in [9.17, 15) is 9.59 Å². The minimum Gasteiger partial charge on any atom is -0.414 e. The average molecular weight is 526 g/mol. The smallest absolute Gasteiger partial charge is 0.351 e. The lowest BCUT2D eigenvalue weighted by atomic mass is 10.0. The minimum absolute atomic E-state index is 0.130. The van der Waals surface area contributed by atoms with Gasteiger partial charge in [0.2, 0.25) is 5.91 Å². The number of rotatable bonds is 6. The molecule has 198 valence electrons. The Balaban J connectivity index is 2.03. The van der Waals surface area contributed by atoms with E-state index in [0.29, 0.717) is 6.61 Å². The zero-order chi connectivity index (χ0) is 26.3. The third-order valence-electron chi connectivity index (χ3n) is 7.39. The maximum absolute atomic E-state index is 12.9. The molecule has 0 spiro atoms. The van der Waals surface area contributed by atoms with Gasteiger partial charge in [0, 0.05) is 19.0 Å². The van der Waals surface area contributed by atoms with Crippen LogP contribution in [0.1, 0.15) is 75.5 Å². The van der Waals surface area contributed by atoms with Crippen molar-refractivity contribution in [2.45, 2.75) is 110 Å². The molecule has 11 heteroatoms. The van der Waals surface area contributed by atoms with Crippen LogP contribution in [0.15, 0.2) is 17.1 Å². The van der Waals surface area contributed by atoms with Crippen molar-refractivity contribution in [3.8, 4) is 0 Å². The van der Waals surface area contributed by atoms with Crippen LogP contribution in [0.5, 0.6) is 0 Å². The summed E-state index contributed by atoms with van der Waals surface area (Å²) in [5, 5.41) is 2.55. The summed E-state index contributed by atoms with van der Waals surface area (Å²) in [5.41, 5.74) is 0.428. The van der Waals surface area contributed by atoms with E-state index >= 15 is 0 Å². The first kappa shape index (κ1) is 28.2. The molecule has 35 heavy (non-hydrogen) atoms. The summed E-state index contributed by atoms with van der Waals surface area (Å²) < 4.78 is 29.1. The van der Waals surface area contributed by atoms with Crippen molar-refractivity contribution in [3.05, 3.63) is 22.7 Å². The van der Waals surface area contributed by atoms with Crippen LogP contribution >= 0.6 is 0 Å². The average Bonchev–Trinajstić information content (AvgIpc) is 3.01. The third kappa shape index (κ3) is 5.21. The quantitative estimate of drug-likeness (QED) is 0.538. The number of anilines is 1. The van der Waals surface area contributed by atoms with E-state index in [-0.39, 0.29) is 52.0 Å². The molecule has 4 atom stereocenters. The summed E-state index contributed by atoms with van der Waals surface area (Å²) in [7, 11) is -5.44. The van der Waals surface area contributed by atoms with Gasteiger partial charge in [0.15, 0.2) is 0 Å². The molecule has 2 aliphatic rings. The first-order valence-electron chi connectivity index (χ1n) is 12.8. The fourth-order valence-corrected chi connectivity index (χ4v) is 16.8. The first-order valence-corrected chi connectivity index (χ1v) is 16.7. The normalized spacial score (nSPS) is 28.3. The number of hydrogen-bond acceptors (Lipinski definition) is 7. The SMILES string of the molecule is CC(=O)Nc1ccn([C@@H]2O[C@@H]3CO[Si](C(C)C)(C(C)C)O[Si](C(C)C)(C(C)C)O[C@@H]3C2C)c(=O)n1. The molecule has 9 nitrogen and oxygen atoms in total. The van der Waals surface area contributed by atoms with E-state index in [1.165, 1.54) is 11.5 Å². The summed E-state index contributed by atoms with van der Waals surface area (Å²) in [6, 6.07) is 1.61. The number of amides is 1. The summed E-state index contributed by atoms with van der Waals surface area (Å²) in [6.45, 7) is 21.3. The van der Waals surface area contributed by atoms with Crippen molar-refractivity contribution in [2.24, 2.45) is 5.92 Å². The summed E-state index contributed by atoms with van der Waals surface area (Å²) >= 11 is 0. The van der Waals surface area contributed by atoms with Gasteiger partial charge in [-0.15, -0.1) is 0 Å². The predicted octanol–water partition coefficient (Wildman–Crippen LogP) is 4.69. The molecule has 2 aliphatic heterocycles. The summed E-state index contributed by atoms with van der Waals surface area (Å²) in [4.78, 5) is 28.2. The van der Waals surface area contributed by atoms with E-state index in [0.717, 1.165) is 0 Å². The number of fused-ring (bicyclic) bond motifs is 1. The monoisotopic (exact) mass is 525 g/mol. The Morgan fingerprint density at radius 3 is 2.11 bits per heavy atom. The number of nitrogens with zero attached hydrogens (tertiary/aromatic N) is 2. The van der Waals surface area contributed by atoms with Gasteiger partial charge in [-0.25, -0.2) is 4.79 Å². The van der Waals surface area contributed by atoms with Crippen LogP contribution in [0, 0.1) is 5.92 Å². The number of carbonyl (C=O) groups excluding carboxylic acids is 1. The Bertz CT molecular complexity index is 951. The zero-order valence-corrected chi connectivity index (χ0v) is 24.8. The van der Waals surface area contributed by atoms with Gasteiger partial charge in [-0.2, -0.15) is 4.98 Å². The Morgan fingerprint density at radius 2 is 1.63 bits per heavy atom. The maximum atomic E-state index is 12.9. The standard InChI is InChI=1S/C24H43N3O6Si2/c1-14(2)34(15(3)4)30-13-20-22(32-35(33-34,16(5)6)17(7)8)18(9)23(31-20)27-12-11-21(25-19(10)28)26-24(27)29/h11-12,14-18,20,22-23H,13H2,1-10H3,(H,25,26,28,29)/t18?,20-,22-,23-/m1/s1. The van der Waals surface area contributed by atoms with Gasteiger partial charge in [-0.3, -0.25) is 9.36 Å². The van der Waals surface area contributed by atoms with Crippen molar-refractivity contribution >= 4 is 28.8 Å². The Labute approximate surface area is 211 Å². The molecule has 0 aliphatic carbocycles. The van der Waals surface area contributed by atoms with Crippen molar-refractivity contribution in [1.29, 1.82) is 0 Å². The van der Waals surface area contributed by atoms with E-state index in [2.05, 4.69) is 65.7 Å². The predicted molar refractivity (Wildman–Crippen MR) is 140 cm³/mol. The second-order valence-corrected chi connectivity index (χ2v) is 20.0. The highest BCUT2D eigenvalue weighted by atomic mass is 28.5. The van der Waals surface area contributed by atoms with E-state index in [1.807, 2.05) is 6.92 Å². The molecule has 1 amide bonds. The number of aromatic nitrogens is 2. The molecule has 1 aromatic rings. The van der Waals surface area contributed by atoms with Gasteiger partial charge in [0.05, 0.1) is 12.7 Å². The lowest BCUT2D eigenvalue weighted by molar-refractivity contribution is -0.114. The molecular formula is C24H43N3O6Si2. The Hall–Kier alpha value is -1.38. The van der Waals surface area contributed by atoms with Gasteiger partial charge in [-0.05, 0) is 28.2 Å². The molecule has 1 N–H and O–H groups in total. The number of ether oxygens (including phenoxy) is 1. The van der Waals surface area contributed by atoms with Gasteiger partial charge in [0.25, 0.3) is 0 Å². The molecule has 2 fully saturated rings. The highest BCUT2D eigenvalue weighted by Crippen LogP contribution is 2.49. The van der Waals surface area contributed by atoms with Crippen LogP contribution in [-0.2, 0) is 22.5 Å². The molecule has 1 aromatic heterocycles. The van der Waals surface area contributed by atoms with Gasteiger partial charge < -0.3 is 23.0 Å². The Kier molecular flexibility index (Phi) is 8.50. The molecule has 1 unspecified atom stereocenters. The highest BCUT2D eigenvalue weighted by molar-refractivity contribution is 6.83. The molecule has 2 saturated heterocycles. The van der Waals surface area contributed by atoms with E-state index < -0.39 is 29.0 Å². The number of nitrogens with one attached hydrogen (secondary N) is 1. The molecule has 0 aromatic carbocycles. The molecule has 3 heterocycles. The largest absolute Gasteiger partial charge is 0.414 e. The van der Waals surface area contributed by atoms with Gasteiger partial charge in [0.1, 0.15) is 18.1 Å². The molecule has 0 saturated carbocycles. The molecule has 0 bridgehead atoms. The molecule has 0 radical (unpaired) electrons. The van der Waals surface area contributed by atoms with Crippen LogP contribution in [0.25, 0.3) is 0 Å². The van der Waals surface area contributed by atoms with Crippen molar-refractivity contribution in [3.63, 3.8) is 0 Å². The van der Waals surface area contributed by atoms with Gasteiger partial charge in [-0.1, -0.05) is 62.3 Å². The maximum Gasteiger partial charge on any atom is 0.351 e. The van der Waals surface area contributed by atoms with Crippen molar-refractivity contribution in [1.82, 2.24) is 9.55 Å².